The molecule has 0 aromatic carbocycles. The van der Waals surface area contributed by atoms with Crippen molar-refractivity contribution in [2.24, 2.45) is 0 Å². The zero-order chi connectivity index (χ0) is 23.8. The summed E-state index contributed by atoms with van der Waals surface area (Å²) in [6, 6.07) is 3.66. The predicted octanol–water partition coefficient (Wildman–Crippen LogP) is 3.94. The van der Waals surface area contributed by atoms with E-state index < -0.39 is 24.3 Å². The number of nitrogens with one attached hydrogen (secondary N) is 3. The first-order valence-electron chi connectivity index (χ1n) is 11.7. The fourth-order valence-electron chi connectivity index (χ4n) is 4.44. The third-order valence-corrected chi connectivity index (χ3v) is 6.22. The van der Waals surface area contributed by atoms with Gasteiger partial charge in [0.2, 0.25) is 0 Å². The van der Waals surface area contributed by atoms with Crippen molar-refractivity contribution in [3.63, 3.8) is 0 Å². The minimum Gasteiger partial charge on any atom is -0.443 e. The molecule has 0 bridgehead atoms. The number of carbonyl (C=O) groups is 1. The fraction of sp³-hybridized carbons (Fsp3) is 0.565. The van der Waals surface area contributed by atoms with Crippen LogP contribution in [0.3, 0.4) is 0 Å². The summed E-state index contributed by atoms with van der Waals surface area (Å²) in [5.74, 6) is 1.22. The van der Waals surface area contributed by atoms with Gasteiger partial charge >= 0.3 is 6.09 Å². The summed E-state index contributed by atoms with van der Waals surface area (Å²) in [4.78, 5) is 16.7. The maximum absolute atomic E-state index is 15.1. The van der Waals surface area contributed by atoms with Crippen LogP contribution in [0.15, 0.2) is 18.3 Å². The highest BCUT2D eigenvalue weighted by Gasteiger charge is 2.41. The van der Waals surface area contributed by atoms with Crippen LogP contribution in [0, 0.1) is 0 Å². The number of nitrogens with zero attached hydrogens (tertiary/aromatic N) is 4. The molecular formula is C23H30FN7O3. The highest BCUT2D eigenvalue weighted by molar-refractivity contribution is 5.73. The first kappa shape index (κ1) is 22.6. The van der Waals surface area contributed by atoms with Crippen LogP contribution in [0.1, 0.15) is 68.4 Å². The zero-order valence-corrected chi connectivity index (χ0v) is 19.5. The lowest BCUT2D eigenvalue weighted by molar-refractivity contribution is 0.0555. The quantitative estimate of drug-likeness (QED) is 0.455. The molecule has 0 radical (unpaired) electrons. The fourth-order valence-corrected chi connectivity index (χ4v) is 4.44. The number of hydrogen-bond acceptors (Lipinski definition) is 7. The molecule has 3 aromatic rings. The van der Waals surface area contributed by atoms with Crippen molar-refractivity contribution in [1.29, 1.82) is 0 Å². The van der Waals surface area contributed by atoms with Crippen molar-refractivity contribution in [3.05, 3.63) is 35.4 Å². The summed E-state index contributed by atoms with van der Waals surface area (Å²) < 4.78 is 27.4. The smallest absolute Gasteiger partial charge is 0.407 e. The van der Waals surface area contributed by atoms with Crippen molar-refractivity contribution in [2.45, 2.75) is 76.3 Å². The third kappa shape index (κ3) is 4.70. The van der Waals surface area contributed by atoms with Crippen molar-refractivity contribution in [1.82, 2.24) is 30.1 Å². The van der Waals surface area contributed by atoms with E-state index in [1.807, 2.05) is 30.6 Å². The Kier molecular flexibility index (Phi) is 6.11. The molecule has 3 heterocycles. The highest BCUT2D eigenvalue weighted by Crippen LogP contribution is 2.41. The van der Waals surface area contributed by atoms with E-state index in [2.05, 4.69) is 25.9 Å². The maximum atomic E-state index is 15.1. The number of anilines is 2. The molecule has 2 fully saturated rings. The van der Waals surface area contributed by atoms with E-state index in [1.165, 1.54) is 0 Å². The second-order valence-electron chi connectivity index (χ2n) is 9.39. The van der Waals surface area contributed by atoms with Crippen molar-refractivity contribution < 1.29 is 18.7 Å². The Morgan fingerprint density at radius 1 is 1.29 bits per heavy atom. The number of hydrogen-bond donors (Lipinski definition) is 3. The zero-order valence-electron chi connectivity index (χ0n) is 19.5. The molecule has 0 saturated heterocycles. The SMILES string of the molecule is COCc1cc2c(Nc3cc([C@H]4CC[C@@H](OC(=O)NC(C)C)[C@@H]4F)[nH]n3)nc(C3CC3)cn2n1. The van der Waals surface area contributed by atoms with Gasteiger partial charge < -0.3 is 20.1 Å². The standard InChI is InChI=1S/C23H30FN7O3/c1-12(2)25-23(32)34-19-7-6-15(21(19)24)16-9-20(29-28-16)27-22-18-8-14(11-33-3)30-31(18)10-17(26-22)13-4-5-13/h8-10,12-13,15,19,21H,4-7,11H2,1-3H3,(H,25,32)(H2,26,27,28,29)/t15-,19-,21-/m1/s1. The largest absolute Gasteiger partial charge is 0.443 e. The Balaban J connectivity index is 1.32. The number of fused-ring (bicyclic) bond motifs is 1. The average Bonchev–Trinajstić information content (AvgIpc) is 3.24. The molecule has 3 N–H and O–H groups in total. The van der Waals surface area contributed by atoms with Crippen LogP contribution in [0.4, 0.5) is 20.8 Å². The monoisotopic (exact) mass is 471 g/mol. The predicted molar refractivity (Wildman–Crippen MR) is 123 cm³/mol. The van der Waals surface area contributed by atoms with Gasteiger partial charge in [-0.25, -0.2) is 18.7 Å². The van der Waals surface area contributed by atoms with Gasteiger partial charge in [0.1, 0.15) is 17.8 Å². The van der Waals surface area contributed by atoms with E-state index in [9.17, 15) is 4.79 Å². The minimum absolute atomic E-state index is 0.0659. The molecule has 2 saturated carbocycles. The number of alkyl halides is 1. The van der Waals surface area contributed by atoms with Crippen LogP contribution in [0.2, 0.25) is 0 Å². The van der Waals surface area contributed by atoms with Crippen LogP contribution in [0.5, 0.6) is 0 Å². The topological polar surface area (TPSA) is 118 Å². The number of amides is 1. The van der Waals surface area contributed by atoms with Crippen LogP contribution < -0.4 is 10.6 Å². The summed E-state index contributed by atoms with van der Waals surface area (Å²) >= 11 is 0. The summed E-state index contributed by atoms with van der Waals surface area (Å²) in [6.07, 6.45) is 2.56. The lowest BCUT2D eigenvalue weighted by Gasteiger charge is -2.18. The second-order valence-corrected chi connectivity index (χ2v) is 9.39. The average molecular weight is 472 g/mol. The molecule has 3 atom stereocenters. The normalized spacial score (nSPS) is 22.4. The Morgan fingerprint density at radius 2 is 2.12 bits per heavy atom. The molecule has 34 heavy (non-hydrogen) atoms. The number of methoxy groups -OCH3 is 1. The second kappa shape index (κ2) is 9.21. The van der Waals surface area contributed by atoms with Gasteiger partial charge in [-0.1, -0.05) is 0 Å². The number of H-pyrrole nitrogens is 1. The Morgan fingerprint density at radius 3 is 2.85 bits per heavy atom. The molecule has 2 aliphatic rings. The lowest BCUT2D eigenvalue weighted by Crippen LogP contribution is -2.36. The molecule has 0 unspecified atom stereocenters. The van der Waals surface area contributed by atoms with Gasteiger partial charge in [0.25, 0.3) is 0 Å². The van der Waals surface area contributed by atoms with Gasteiger partial charge in [-0.05, 0) is 45.6 Å². The number of aromatic nitrogens is 5. The van der Waals surface area contributed by atoms with Gasteiger partial charge in [-0.15, -0.1) is 0 Å². The van der Waals surface area contributed by atoms with E-state index in [-0.39, 0.29) is 6.04 Å². The number of carbonyl (C=O) groups excluding carboxylic acids is 1. The molecule has 0 aliphatic heterocycles. The van der Waals surface area contributed by atoms with Crippen LogP contribution >= 0.6 is 0 Å². The van der Waals surface area contributed by atoms with Crippen LogP contribution in [-0.4, -0.2) is 56.3 Å². The van der Waals surface area contributed by atoms with Crippen molar-refractivity contribution in [3.8, 4) is 0 Å². The van der Waals surface area contributed by atoms with E-state index in [0.717, 1.165) is 29.7 Å². The summed E-state index contributed by atoms with van der Waals surface area (Å²) in [7, 11) is 1.63. The summed E-state index contributed by atoms with van der Waals surface area (Å²) in [6.45, 7) is 4.07. The van der Waals surface area contributed by atoms with Gasteiger partial charge in [-0.2, -0.15) is 10.2 Å². The van der Waals surface area contributed by atoms with E-state index >= 15 is 4.39 Å². The first-order valence-corrected chi connectivity index (χ1v) is 11.7. The van der Waals surface area contributed by atoms with E-state index in [0.29, 0.717) is 42.7 Å². The number of halogens is 1. The Bertz CT molecular complexity index is 1170. The van der Waals surface area contributed by atoms with Crippen molar-refractivity contribution in [2.75, 3.05) is 12.4 Å². The van der Waals surface area contributed by atoms with Gasteiger partial charge in [0.15, 0.2) is 11.6 Å². The molecule has 1 amide bonds. The van der Waals surface area contributed by atoms with Gasteiger partial charge in [0, 0.05) is 36.7 Å². The highest BCUT2D eigenvalue weighted by atomic mass is 19.1. The molecule has 5 rings (SSSR count). The number of rotatable bonds is 8. The lowest BCUT2D eigenvalue weighted by atomic mass is 10.0. The van der Waals surface area contributed by atoms with Gasteiger partial charge in [-0.3, -0.25) is 5.10 Å². The van der Waals surface area contributed by atoms with Crippen molar-refractivity contribution >= 4 is 23.2 Å². The third-order valence-electron chi connectivity index (χ3n) is 6.22. The molecule has 10 nitrogen and oxygen atoms in total. The Labute approximate surface area is 196 Å². The molecule has 11 heteroatoms. The molecule has 3 aromatic heterocycles. The summed E-state index contributed by atoms with van der Waals surface area (Å²) in [5, 5.41) is 17.8. The van der Waals surface area contributed by atoms with E-state index in [1.54, 1.807) is 13.2 Å². The summed E-state index contributed by atoms with van der Waals surface area (Å²) in [5.41, 5.74) is 3.27. The van der Waals surface area contributed by atoms with Gasteiger partial charge in [0.05, 0.1) is 24.2 Å². The molecule has 182 valence electrons. The molecule has 0 spiro atoms. The molecular weight excluding hydrogens is 441 g/mol. The van der Waals surface area contributed by atoms with Crippen LogP contribution in [-0.2, 0) is 16.1 Å². The first-order chi connectivity index (χ1) is 16.4. The Hall–Kier alpha value is -3.21. The number of ether oxygens (including phenoxy) is 2. The van der Waals surface area contributed by atoms with Crippen LogP contribution in [0.25, 0.3) is 5.52 Å². The van der Waals surface area contributed by atoms with E-state index in [4.69, 9.17) is 14.5 Å². The number of alkyl carbamates (subject to hydrolysis) is 1. The minimum atomic E-state index is -1.30. The molecule has 2 aliphatic carbocycles. The maximum Gasteiger partial charge on any atom is 0.407 e. The number of aromatic amines is 1.